The summed E-state index contributed by atoms with van der Waals surface area (Å²) in [4.78, 5) is 0. The molecule has 5 heterocycles. The van der Waals surface area contributed by atoms with Crippen molar-refractivity contribution in [2.24, 2.45) is 0 Å². The summed E-state index contributed by atoms with van der Waals surface area (Å²) < 4.78 is 13.8. The highest BCUT2D eigenvalue weighted by Crippen LogP contribution is 2.44. The fourth-order valence-electron chi connectivity index (χ4n) is 10.2. The molecule has 56 heavy (non-hydrogen) atoms. The Bertz CT molecular complexity index is 4000. The Morgan fingerprint density at radius 3 is 1.66 bits per heavy atom. The first-order chi connectivity index (χ1) is 27.8. The molecule has 0 spiro atoms. The van der Waals surface area contributed by atoms with Gasteiger partial charge in [-0.25, -0.2) is 0 Å². The number of fused-ring (bicyclic) bond motifs is 17. The molecule has 9 aromatic carbocycles. The van der Waals surface area contributed by atoms with Crippen LogP contribution in [-0.4, -0.2) is 13.5 Å². The maximum absolute atomic E-state index is 6.40. The summed E-state index contributed by atoms with van der Waals surface area (Å²) in [5, 5.41) is 14.9. The molecule has 0 unspecified atom stereocenters. The van der Waals surface area contributed by atoms with E-state index in [-0.39, 0.29) is 0 Å². The summed E-state index contributed by atoms with van der Waals surface area (Å²) in [5.74, 6) is 0. The lowest BCUT2D eigenvalue weighted by Crippen LogP contribution is -1.97. The number of aromatic nitrogens is 3. The van der Waals surface area contributed by atoms with Crippen LogP contribution in [0.1, 0.15) is 0 Å². The molecule has 5 aromatic heterocycles. The smallest absolute Gasteiger partial charge is 0.137 e. The van der Waals surface area contributed by atoms with Crippen LogP contribution in [-0.2, 0) is 0 Å². The first-order valence-corrected chi connectivity index (χ1v) is 19.3. The predicted molar refractivity (Wildman–Crippen MR) is 235 cm³/mol. The van der Waals surface area contributed by atoms with Crippen LogP contribution in [0.3, 0.4) is 0 Å². The van der Waals surface area contributed by atoms with Crippen LogP contribution >= 0.6 is 0 Å². The van der Waals surface area contributed by atoms with Gasteiger partial charge in [-0.1, -0.05) is 109 Å². The van der Waals surface area contributed by atoms with Gasteiger partial charge in [-0.15, -0.1) is 0 Å². The Hall–Kier alpha value is -7.56. The normalized spacial score (nSPS) is 12.6. The van der Waals surface area contributed by atoms with Gasteiger partial charge in [0, 0.05) is 76.7 Å². The highest BCUT2D eigenvalue weighted by atomic mass is 16.3. The van der Waals surface area contributed by atoms with E-state index in [9.17, 15) is 0 Å². The molecule has 0 radical (unpaired) electrons. The summed E-state index contributed by atoms with van der Waals surface area (Å²) in [6, 6.07) is 64.6. The van der Waals surface area contributed by atoms with Crippen molar-refractivity contribution in [1.29, 1.82) is 0 Å². The van der Waals surface area contributed by atoms with Gasteiger partial charge in [0.15, 0.2) is 0 Å². The van der Waals surface area contributed by atoms with E-state index in [2.05, 4.69) is 177 Å². The van der Waals surface area contributed by atoms with E-state index in [0.717, 1.165) is 38.8 Å². The number of nitrogens with zero attached hydrogens (tertiary/aromatic N) is 3. The average Bonchev–Trinajstić information content (AvgIpc) is 4.04. The van der Waals surface area contributed by atoms with Gasteiger partial charge in [-0.2, -0.15) is 0 Å². The van der Waals surface area contributed by atoms with Gasteiger partial charge < -0.3 is 18.0 Å². The molecule has 14 rings (SSSR count). The standard InChI is InChI=1S/C52H29N3O/c1-5-16-44-33(10-1)36-24-21-31(27-48(36)53(44)32-22-25-38-37-13-4-8-19-49(37)56-50(38)28-32)54-45-17-6-2-12-35(45)41-23-20-30-26-47-43(29-42(30)52(41)54)40-15-9-14-39-34-11-3-7-18-46(34)55(47)51(39)40/h1-29H. The van der Waals surface area contributed by atoms with Crippen molar-refractivity contribution in [1.82, 2.24) is 13.5 Å². The van der Waals surface area contributed by atoms with Crippen molar-refractivity contribution in [2.75, 3.05) is 0 Å². The summed E-state index contributed by atoms with van der Waals surface area (Å²) in [7, 11) is 0. The highest BCUT2D eigenvalue weighted by molar-refractivity contribution is 6.27. The molecule has 4 nitrogen and oxygen atoms in total. The number of hydrogen-bond donors (Lipinski definition) is 0. The molecule has 0 saturated carbocycles. The van der Waals surface area contributed by atoms with Crippen molar-refractivity contribution in [3.05, 3.63) is 176 Å². The number of benzene rings is 9. The molecule has 0 N–H and O–H groups in total. The minimum atomic E-state index is 0.891. The van der Waals surface area contributed by atoms with E-state index < -0.39 is 0 Å². The molecule has 0 aliphatic heterocycles. The molecular weight excluding hydrogens is 683 g/mol. The zero-order chi connectivity index (χ0) is 36.2. The maximum Gasteiger partial charge on any atom is 0.137 e. The third kappa shape index (κ3) is 3.50. The molecule has 0 atom stereocenters. The zero-order valence-electron chi connectivity index (χ0n) is 30.0. The molecule has 0 amide bonds. The molecule has 0 saturated heterocycles. The predicted octanol–water partition coefficient (Wildman–Crippen LogP) is 14.1. The largest absolute Gasteiger partial charge is 0.456 e. The Balaban J connectivity index is 1.08. The SMILES string of the molecule is c1ccc2c(c1)oc1cc(-n3c4ccccc4c4ccc(-n5c6ccccc6c6ccc7cc8c(cc7c65)c5cccc6c7ccccc7n8c65)cc43)ccc12. The van der Waals surface area contributed by atoms with E-state index in [1.54, 1.807) is 0 Å². The average molecular weight is 712 g/mol. The van der Waals surface area contributed by atoms with Crippen molar-refractivity contribution in [2.45, 2.75) is 0 Å². The summed E-state index contributed by atoms with van der Waals surface area (Å²) in [6.07, 6.45) is 0. The molecule has 14 aromatic rings. The van der Waals surface area contributed by atoms with Crippen molar-refractivity contribution in [3.63, 3.8) is 0 Å². The van der Waals surface area contributed by atoms with Crippen molar-refractivity contribution in [3.8, 4) is 11.4 Å². The first-order valence-electron chi connectivity index (χ1n) is 19.3. The van der Waals surface area contributed by atoms with Crippen LogP contribution in [0.5, 0.6) is 0 Å². The summed E-state index contributed by atoms with van der Waals surface area (Å²) in [5.41, 5.74) is 12.6. The van der Waals surface area contributed by atoms with Crippen LogP contribution < -0.4 is 0 Å². The molecule has 4 heteroatoms. The number of hydrogen-bond acceptors (Lipinski definition) is 1. The number of rotatable bonds is 2. The van der Waals surface area contributed by atoms with E-state index in [1.807, 2.05) is 12.1 Å². The van der Waals surface area contributed by atoms with Crippen LogP contribution in [0.4, 0.5) is 0 Å². The van der Waals surface area contributed by atoms with Crippen LogP contribution in [0.15, 0.2) is 180 Å². The highest BCUT2D eigenvalue weighted by Gasteiger charge is 2.22. The number of para-hydroxylation sites is 5. The minimum absolute atomic E-state index is 0.891. The third-order valence-corrected chi connectivity index (χ3v) is 12.5. The fourth-order valence-corrected chi connectivity index (χ4v) is 10.2. The lowest BCUT2D eigenvalue weighted by atomic mass is 10.0. The van der Waals surface area contributed by atoms with Gasteiger partial charge in [-0.05, 0) is 66.0 Å². The van der Waals surface area contributed by atoms with Gasteiger partial charge in [0.25, 0.3) is 0 Å². The third-order valence-electron chi connectivity index (χ3n) is 12.5. The minimum Gasteiger partial charge on any atom is -0.456 e. The zero-order valence-corrected chi connectivity index (χ0v) is 30.0. The molecule has 0 fully saturated rings. The second kappa shape index (κ2) is 10.1. The summed E-state index contributed by atoms with van der Waals surface area (Å²) in [6.45, 7) is 0. The molecule has 0 aliphatic carbocycles. The van der Waals surface area contributed by atoms with E-state index in [1.165, 1.54) is 87.0 Å². The van der Waals surface area contributed by atoms with Gasteiger partial charge in [0.1, 0.15) is 11.2 Å². The van der Waals surface area contributed by atoms with Gasteiger partial charge in [0.2, 0.25) is 0 Å². The molecular formula is C52H29N3O. The Kier molecular flexibility index (Phi) is 5.23. The summed E-state index contributed by atoms with van der Waals surface area (Å²) >= 11 is 0. The van der Waals surface area contributed by atoms with E-state index in [0.29, 0.717) is 0 Å². The van der Waals surface area contributed by atoms with Crippen LogP contribution in [0.2, 0.25) is 0 Å². The second-order valence-electron chi connectivity index (χ2n) is 15.3. The van der Waals surface area contributed by atoms with Crippen LogP contribution in [0, 0.1) is 0 Å². The quantitative estimate of drug-likeness (QED) is 0.175. The molecule has 0 aliphatic rings. The fraction of sp³-hybridized carbons (Fsp3) is 0. The monoisotopic (exact) mass is 711 g/mol. The van der Waals surface area contributed by atoms with Gasteiger partial charge in [-0.3, -0.25) is 0 Å². The Labute approximate surface area is 318 Å². The Morgan fingerprint density at radius 2 is 0.839 bits per heavy atom. The Morgan fingerprint density at radius 1 is 0.286 bits per heavy atom. The number of furan rings is 1. The second-order valence-corrected chi connectivity index (χ2v) is 15.3. The van der Waals surface area contributed by atoms with Crippen LogP contribution in [0.25, 0.3) is 126 Å². The maximum atomic E-state index is 6.40. The van der Waals surface area contributed by atoms with E-state index in [4.69, 9.17) is 4.42 Å². The van der Waals surface area contributed by atoms with E-state index >= 15 is 0 Å². The topological polar surface area (TPSA) is 27.4 Å². The lowest BCUT2D eigenvalue weighted by molar-refractivity contribution is 0.668. The van der Waals surface area contributed by atoms with Gasteiger partial charge in [0.05, 0.1) is 38.6 Å². The lowest BCUT2D eigenvalue weighted by Gasteiger charge is -2.13. The van der Waals surface area contributed by atoms with Crippen molar-refractivity contribution < 1.29 is 4.42 Å². The van der Waals surface area contributed by atoms with Gasteiger partial charge >= 0.3 is 0 Å². The molecule has 0 bridgehead atoms. The van der Waals surface area contributed by atoms with Crippen molar-refractivity contribution >= 4 is 114 Å². The first kappa shape index (κ1) is 28.9. The molecule has 258 valence electrons.